The van der Waals surface area contributed by atoms with E-state index in [1.165, 1.54) is 51.0 Å². The number of carboxylic acid groups (broad SMARTS) is 1. The van der Waals surface area contributed by atoms with Gasteiger partial charge >= 0.3 is 12.3 Å². The summed E-state index contributed by atoms with van der Waals surface area (Å²) in [5.74, 6) is -2.59. The van der Waals surface area contributed by atoms with Crippen LogP contribution in [-0.4, -0.2) is 90.8 Å². The number of aromatic nitrogens is 3. The summed E-state index contributed by atoms with van der Waals surface area (Å²) in [6.45, 7) is 0.754. The smallest absolute Gasteiger partial charge is 0.407 e. The van der Waals surface area contributed by atoms with Gasteiger partial charge < -0.3 is 19.8 Å². The molecule has 11 nitrogen and oxygen atoms in total. The maximum absolute atomic E-state index is 13.8. The number of hydrogen-bond acceptors (Lipinski definition) is 6. The van der Waals surface area contributed by atoms with Crippen LogP contribution in [-0.2, 0) is 16.1 Å². The number of hydrogen-bond donors (Lipinski definition) is 2. The fraction of sp³-hybridized carbons (Fsp3) is 0.394. The Morgan fingerprint density at radius 3 is 2.40 bits per heavy atom. The molecule has 0 spiro atoms. The predicted octanol–water partition coefficient (Wildman–Crippen LogP) is 4.98. The summed E-state index contributed by atoms with van der Waals surface area (Å²) in [5.41, 5.74) is -0.211. The van der Waals surface area contributed by atoms with Gasteiger partial charge in [-0.15, -0.1) is 0 Å². The molecule has 2 aromatic heterocycles. The molecule has 4 aromatic rings. The molecule has 0 saturated carbocycles. The minimum absolute atomic E-state index is 0.0155. The van der Waals surface area contributed by atoms with Crippen LogP contribution in [0.1, 0.15) is 42.3 Å². The van der Waals surface area contributed by atoms with Gasteiger partial charge in [0.1, 0.15) is 11.5 Å². The average Bonchev–Trinajstić information content (AvgIpc) is 3.41. The Morgan fingerprint density at radius 2 is 1.75 bits per heavy atom. The molecule has 15 heteroatoms. The number of fused-ring (bicyclic) bond motifs is 1. The summed E-state index contributed by atoms with van der Waals surface area (Å²) < 4.78 is 49.8. The lowest BCUT2D eigenvalue weighted by atomic mass is 9.89. The zero-order valence-corrected chi connectivity index (χ0v) is 26.4. The molecular weight excluding hydrogens is 655 g/mol. The van der Waals surface area contributed by atoms with Gasteiger partial charge in [0.15, 0.2) is 5.65 Å². The van der Waals surface area contributed by atoms with Crippen LogP contribution in [0.2, 0.25) is 5.15 Å². The first kappa shape index (κ1) is 33.5. The van der Waals surface area contributed by atoms with Crippen LogP contribution in [0.4, 0.5) is 18.0 Å². The van der Waals surface area contributed by atoms with E-state index in [0.717, 1.165) is 5.56 Å². The van der Waals surface area contributed by atoms with Gasteiger partial charge in [-0.05, 0) is 42.2 Å². The number of aliphatic hydroxyl groups is 1. The number of carbonyl (C=O) groups is 2. The molecule has 0 bridgehead atoms. The third-order valence-electron chi connectivity index (χ3n) is 9.14. The fourth-order valence-electron chi connectivity index (χ4n) is 6.46. The summed E-state index contributed by atoms with van der Waals surface area (Å²) in [6, 6.07) is 15.4. The first-order valence-corrected chi connectivity index (χ1v) is 15.8. The molecule has 2 aliphatic rings. The monoisotopic (exact) mass is 687 g/mol. The molecule has 0 radical (unpaired) electrons. The second kappa shape index (κ2) is 13.2. The van der Waals surface area contributed by atoms with Crippen molar-refractivity contribution in [1.82, 2.24) is 23.9 Å². The van der Waals surface area contributed by atoms with Crippen molar-refractivity contribution in [1.29, 1.82) is 0 Å². The number of halogens is 4. The maximum Gasteiger partial charge on any atom is 0.407 e. The Kier molecular flexibility index (Phi) is 9.25. The van der Waals surface area contributed by atoms with Gasteiger partial charge in [-0.2, -0.15) is 13.2 Å². The van der Waals surface area contributed by atoms with Crippen LogP contribution in [0.5, 0.6) is 0 Å². The highest BCUT2D eigenvalue weighted by atomic mass is 35.5. The highest BCUT2D eigenvalue weighted by Gasteiger charge is 2.43. The van der Waals surface area contributed by atoms with Crippen LogP contribution in [0.3, 0.4) is 0 Å². The van der Waals surface area contributed by atoms with Crippen LogP contribution < -0.4 is 5.56 Å². The molecule has 2 aromatic carbocycles. The molecule has 6 rings (SSSR count). The number of amides is 2. The lowest BCUT2D eigenvalue weighted by Crippen LogP contribution is -2.50. The number of alkyl halides is 3. The number of piperidine rings is 1. The molecule has 2 N–H and O–H groups in total. The third-order valence-corrected chi connectivity index (χ3v) is 9.42. The predicted molar refractivity (Wildman–Crippen MR) is 169 cm³/mol. The molecule has 254 valence electrons. The van der Waals surface area contributed by atoms with E-state index in [-0.39, 0.29) is 67.4 Å². The number of morpholine rings is 1. The molecule has 2 aliphatic heterocycles. The molecule has 2 saturated heterocycles. The van der Waals surface area contributed by atoms with E-state index in [1.54, 1.807) is 34.9 Å². The Morgan fingerprint density at radius 1 is 1.06 bits per heavy atom. The van der Waals surface area contributed by atoms with Gasteiger partial charge in [-0.25, -0.2) is 9.78 Å². The van der Waals surface area contributed by atoms with Crippen LogP contribution in [0, 0.1) is 0 Å². The van der Waals surface area contributed by atoms with Crippen LogP contribution in [0.25, 0.3) is 16.7 Å². The quantitative estimate of drug-likeness (QED) is 0.280. The lowest BCUT2D eigenvalue weighted by Gasteiger charge is -2.39. The van der Waals surface area contributed by atoms with Crippen molar-refractivity contribution in [3.05, 3.63) is 93.6 Å². The largest absolute Gasteiger partial charge is 0.465 e. The first-order valence-electron chi connectivity index (χ1n) is 15.4. The van der Waals surface area contributed by atoms with E-state index in [4.69, 9.17) is 16.3 Å². The van der Waals surface area contributed by atoms with E-state index >= 15 is 0 Å². The van der Waals surface area contributed by atoms with Gasteiger partial charge in [0.05, 0.1) is 42.7 Å². The molecule has 48 heavy (non-hydrogen) atoms. The van der Waals surface area contributed by atoms with Crippen molar-refractivity contribution >= 4 is 34.6 Å². The molecule has 2 amide bonds. The molecule has 4 heterocycles. The van der Waals surface area contributed by atoms with E-state index in [9.17, 15) is 37.8 Å². The Balaban J connectivity index is 1.14. The minimum atomic E-state index is -4.60. The molecule has 0 aliphatic carbocycles. The minimum Gasteiger partial charge on any atom is -0.465 e. The molecular formula is C33H33ClF3N5O6. The number of rotatable bonds is 7. The Hall–Kier alpha value is -4.40. The lowest BCUT2D eigenvalue weighted by molar-refractivity contribution is -0.162. The number of ether oxygens (including phenoxy) is 1. The summed E-state index contributed by atoms with van der Waals surface area (Å²) in [7, 11) is 0. The topological polar surface area (TPSA) is 130 Å². The molecule has 2 atom stereocenters. The van der Waals surface area contributed by atoms with Gasteiger partial charge in [0, 0.05) is 31.7 Å². The number of nitrogens with zero attached hydrogens (tertiary/aromatic N) is 5. The van der Waals surface area contributed by atoms with Gasteiger partial charge in [-0.1, -0.05) is 54.1 Å². The van der Waals surface area contributed by atoms with Gasteiger partial charge in [0.25, 0.3) is 5.56 Å². The van der Waals surface area contributed by atoms with Crippen molar-refractivity contribution < 1.29 is 37.7 Å². The second-order valence-corrected chi connectivity index (χ2v) is 12.6. The van der Waals surface area contributed by atoms with Crippen molar-refractivity contribution in [2.24, 2.45) is 0 Å². The normalized spacial score (nSPS) is 19.0. The highest BCUT2D eigenvalue weighted by molar-refractivity contribution is 6.31. The van der Waals surface area contributed by atoms with Crippen molar-refractivity contribution in [2.75, 3.05) is 32.8 Å². The first-order chi connectivity index (χ1) is 22.8. The third kappa shape index (κ3) is 6.78. The maximum atomic E-state index is 13.8. The number of likely N-dealkylation sites (tertiary alicyclic amines) is 1. The van der Waals surface area contributed by atoms with Gasteiger partial charge in [-0.3, -0.25) is 23.6 Å². The SMILES string of the molecule is O=C(C[C@H](c1ccccc1)C(F)(F)F)N1CCC(O)(Cn2cnc3c(cc(Cl)n3-c3ccc([C@H]4COCCN4C(=O)O)cc3)c2=O)CC1. The summed E-state index contributed by atoms with van der Waals surface area (Å²) >= 11 is 6.56. The Bertz CT molecular complexity index is 1860. The summed E-state index contributed by atoms with van der Waals surface area (Å²) in [5, 5.41) is 21.3. The second-order valence-electron chi connectivity index (χ2n) is 12.2. The van der Waals surface area contributed by atoms with Crippen molar-refractivity contribution in [3.63, 3.8) is 0 Å². The van der Waals surface area contributed by atoms with Gasteiger partial charge in [0.2, 0.25) is 5.91 Å². The van der Waals surface area contributed by atoms with Crippen LogP contribution in [0.15, 0.2) is 71.8 Å². The number of benzene rings is 2. The standard InChI is InChI=1S/C33H33ClF3N5O6/c34-27-16-24-29(42(27)23-8-6-22(7-9-23)26-18-48-15-14-41(26)31(45)46)38-20-40(30(24)44)19-32(47)10-12-39(13-11-32)28(43)17-25(33(35,36)37)21-4-2-1-3-5-21/h1-9,16,20,25-26,47H,10-15,17-19H2,(H,45,46)/t25-,26-/m1/s1. The van der Waals surface area contributed by atoms with E-state index in [2.05, 4.69) is 4.98 Å². The van der Waals surface area contributed by atoms with E-state index in [0.29, 0.717) is 12.3 Å². The Labute approximate surface area is 277 Å². The zero-order valence-electron chi connectivity index (χ0n) is 25.6. The van der Waals surface area contributed by atoms with Crippen molar-refractivity contribution in [3.8, 4) is 5.69 Å². The number of carbonyl (C=O) groups excluding carboxylic acids is 1. The van der Waals surface area contributed by atoms with E-state index in [1.807, 2.05) is 0 Å². The zero-order chi connectivity index (χ0) is 34.2. The summed E-state index contributed by atoms with van der Waals surface area (Å²) in [6.07, 6.45) is -4.94. The van der Waals surface area contributed by atoms with E-state index < -0.39 is 47.7 Å². The van der Waals surface area contributed by atoms with Crippen LogP contribution >= 0.6 is 11.6 Å². The molecule has 2 fully saturated rings. The highest BCUT2D eigenvalue weighted by Crippen LogP contribution is 2.38. The average molecular weight is 688 g/mol. The fourth-order valence-corrected chi connectivity index (χ4v) is 6.74. The van der Waals surface area contributed by atoms with Crippen molar-refractivity contribution in [2.45, 2.75) is 49.5 Å². The summed E-state index contributed by atoms with van der Waals surface area (Å²) in [4.78, 5) is 45.2. The molecule has 0 unspecified atom stereocenters.